The minimum atomic E-state index is -0.677. The van der Waals surface area contributed by atoms with Gasteiger partial charge in [0.1, 0.15) is 5.25 Å². The van der Waals surface area contributed by atoms with Crippen LogP contribution < -0.4 is 0 Å². The average molecular weight is 175 g/mol. The molecule has 1 N–H and O–H groups in total. The van der Waals surface area contributed by atoms with Crippen LogP contribution in [0.3, 0.4) is 0 Å². The Morgan fingerprint density at radius 1 is 1.73 bits per heavy atom. The number of carboxylic acids is 1. The molecule has 0 aromatic heterocycles. The molecule has 1 heterocycles. The van der Waals surface area contributed by atoms with Gasteiger partial charge in [-0.1, -0.05) is 0 Å². The molecule has 11 heavy (non-hydrogen) atoms. The van der Waals surface area contributed by atoms with E-state index in [1.54, 1.807) is 11.8 Å². The number of carboxylic acid groups (broad SMARTS) is 1. The summed E-state index contributed by atoms with van der Waals surface area (Å²) < 4.78 is 0. The first-order valence-electron chi connectivity index (χ1n) is 3.73. The van der Waals surface area contributed by atoms with Gasteiger partial charge < -0.3 is 10.0 Å². The summed E-state index contributed by atoms with van der Waals surface area (Å²) in [4.78, 5) is 12.7. The molecule has 1 atom stereocenters. The summed E-state index contributed by atoms with van der Waals surface area (Å²) >= 11 is 1.55. The van der Waals surface area contributed by atoms with Crippen LogP contribution in [0.15, 0.2) is 0 Å². The molecule has 1 fully saturated rings. The van der Waals surface area contributed by atoms with Crippen molar-refractivity contribution in [1.29, 1.82) is 0 Å². The molecule has 1 saturated heterocycles. The van der Waals surface area contributed by atoms with Gasteiger partial charge >= 0.3 is 5.97 Å². The van der Waals surface area contributed by atoms with Crippen molar-refractivity contribution in [3.05, 3.63) is 0 Å². The lowest BCUT2D eigenvalue weighted by atomic mass is 10.3. The molecule has 1 unspecified atom stereocenters. The largest absolute Gasteiger partial charge is 0.480 e. The van der Waals surface area contributed by atoms with E-state index in [9.17, 15) is 4.79 Å². The van der Waals surface area contributed by atoms with Crippen LogP contribution in [0, 0.1) is 0 Å². The van der Waals surface area contributed by atoms with Crippen LogP contribution in [0.1, 0.15) is 6.42 Å². The van der Waals surface area contributed by atoms with Gasteiger partial charge in [0.2, 0.25) is 0 Å². The second kappa shape index (κ2) is 3.97. The van der Waals surface area contributed by atoms with Gasteiger partial charge in [-0.2, -0.15) is 0 Å². The second-order valence-corrected chi connectivity index (χ2v) is 4.12. The van der Waals surface area contributed by atoms with Crippen molar-refractivity contribution in [3.63, 3.8) is 0 Å². The maximum absolute atomic E-state index is 10.6. The summed E-state index contributed by atoms with van der Waals surface area (Å²) in [5, 5.41) is 8.51. The first-order chi connectivity index (χ1) is 5.20. The third-order valence-corrected chi connectivity index (χ3v) is 3.03. The normalized spacial score (nSPS) is 27.9. The van der Waals surface area contributed by atoms with Gasteiger partial charge in [0.25, 0.3) is 0 Å². The highest BCUT2D eigenvalue weighted by atomic mass is 32.2. The zero-order valence-electron chi connectivity index (χ0n) is 6.62. The van der Waals surface area contributed by atoms with Crippen molar-refractivity contribution in [1.82, 2.24) is 4.90 Å². The zero-order chi connectivity index (χ0) is 8.27. The fraction of sp³-hybridized carbons (Fsp3) is 0.857. The van der Waals surface area contributed by atoms with E-state index in [-0.39, 0.29) is 5.25 Å². The molecular formula is C7H13NO2S. The molecule has 0 aromatic carbocycles. The number of carbonyl (C=O) groups is 1. The summed E-state index contributed by atoms with van der Waals surface area (Å²) in [5.74, 6) is 0.296. The summed E-state index contributed by atoms with van der Waals surface area (Å²) in [6.45, 7) is 1.71. The Morgan fingerprint density at radius 3 is 3.09 bits per heavy atom. The molecule has 3 nitrogen and oxygen atoms in total. The standard InChI is InChI=1S/C7H13NO2S/c1-8-3-2-4-11-6(5-8)7(9)10/h6H,2-5H2,1H3,(H,9,10). The van der Waals surface area contributed by atoms with Crippen LogP contribution in [0.5, 0.6) is 0 Å². The van der Waals surface area contributed by atoms with Crippen LogP contribution >= 0.6 is 11.8 Å². The van der Waals surface area contributed by atoms with Crippen LogP contribution in [0.4, 0.5) is 0 Å². The first kappa shape index (κ1) is 8.87. The van der Waals surface area contributed by atoms with Gasteiger partial charge in [0.15, 0.2) is 0 Å². The molecule has 0 aromatic rings. The molecule has 0 spiro atoms. The molecular weight excluding hydrogens is 162 g/mol. The van der Waals surface area contributed by atoms with E-state index in [1.165, 1.54) is 0 Å². The van der Waals surface area contributed by atoms with E-state index < -0.39 is 5.97 Å². The highest BCUT2D eigenvalue weighted by Gasteiger charge is 2.21. The van der Waals surface area contributed by atoms with E-state index in [2.05, 4.69) is 4.90 Å². The van der Waals surface area contributed by atoms with Crippen molar-refractivity contribution >= 4 is 17.7 Å². The zero-order valence-corrected chi connectivity index (χ0v) is 7.43. The van der Waals surface area contributed by atoms with E-state index in [1.807, 2.05) is 7.05 Å². The SMILES string of the molecule is CN1CCCSC(C(=O)O)C1. The van der Waals surface area contributed by atoms with Crippen molar-refractivity contribution in [2.75, 3.05) is 25.9 Å². The summed E-state index contributed by atoms with van der Waals surface area (Å²) in [6.07, 6.45) is 1.10. The lowest BCUT2D eigenvalue weighted by Crippen LogP contribution is -2.30. The number of aliphatic carboxylic acids is 1. The Balaban J connectivity index is 2.45. The first-order valence-corrected chi connectivity index (χ1v) is 4.78. The van der Waals surface area contributed by atoms with E-state index >= 15 is 0 Å². The minimum absolute atomic E-state index is 0.220. The minimum Gasteiger partial charge on any atom is -0.480 e. The van der Waals surface area contributed by atoms with Crippen LogP contribution in [-0.2, 0) is 4.79 Å². The monoisotopic (exact) mass is 175 g/mol. The highest BCUT2D eigenvalue weighted by molar-refractivity contribution is 8.00. The topological polar surface area (TPSA) is 40.5 Å². The van der Waals surface area contributed by atoms with E-state index in [0.717, 1.165) is 18.7 Å². The van der Waals surface area contributed by atoms with Gasteiger partial charge in [-0.15, -0.1) is 11.8 Å². The molecule has 4 heteroatoms. The maximum Gasteiger partial charge on any atom is 0.317 e. The van der Waals surface area contributed by atoms with E-state index in [4.69, 9.17) is 5.11 Å². The van der Waals surface area contributed by atoms with Gasteiger partial charge in [-0.05, 0) is 25.8 Å². The van der Waals surface area contributed by atoms with Crippen LogP contribution in [0.25, 0.3) is 0 Å². The molecule has 0 amide bonds. The van der Waals surface area contributed by atoms with Crippen LogP contribution in [0.2, 0.25) is 0 Å². The molecule has 0 aliphatic carbocycles. The Hall–Kier alpha value is -0.220. The molecule has 0 bridgehead atoms. The third-order valence-electron chi connectivity index (χ3n) is 1.76. The summed E-state index contributed by atoms with van der Waals surface area (Å²) in [5.41, 5.74) is 0. The lowest BCUT2D eigenvalue weighted by Gasteiger charge is -2.15. The van der Waals surface area contributed by atoms with E-state index in [0.29, 0.717) is 6.54 Å². The lowest BCUT2D eigenvalue weighted by molar-refractivity contribution is -0.136. The molecule has 1 rings (SSSR count). The summed E-state index contributed by atoms with van der Waals surface area (Å²) in [7, 11) is 1.97. The number of rotatable bonds is 1. The van der Waals surface area contributed by atoms with Gasteiger partial charge in [-0.25, -0.2) is 0 Å². The van der Waals surface area contributed by atoms with Gasteiger partial charge in [0, 0.05) is 6.54 Å². The van der Waals surface area contributed by atoms with Crippen molar-refractivity contribution in [3.8, 4) is 0 Å². The van der Waals surface area contributed by atoms with Crippen molar-refractivity contribution in [2.45, 2.75) is 11.7 Å². The molecule has 0 saturated carbocycles. The van der Waals surface area contributed by atoms with Crippen molar-refractivity contribution in [2.24, 2.45) is 0 Å². The number of thioether (sulfide) groups is 1. The maximum atomic E-state index is 10.6. The Bertz CT molecular complexity index is 151. The quantitative estimate of drug-likeness (QED) is 0.630. The molecule has 1 aliphatic rings. The Morgan fingerprint density at radius 2 is 2.45 bits per heavy atom. The summed E-state index contributed by atoms with van der Waals surface area (Å²) in [6, 6.07) is 0. The number of nitrogens with zero attached hydrogens (tertiary/aromatic N) is 1. The highest BCUT2D eigenvalue weighted by Crippen LogP contribution is 2.17. The predicted octanol–water partition coefficient (Wildman–Crippen LogP) is 0.508. The second-order valence-electron chi connectivity index (χ2n) is 2.81. The van der Waals surface area contributed by atoms with Gasteiger partial charge in [0.05, 0.1) is 0 Å². The molecule has 1 aliphatic heterocycles. The molecule has 64 valence electrons. The Kier molecular flexibility index (Phi) is 3.20. The number of hydrogen-bond donors (Lipinski definition) is 1. The van der Waals surface area contributed by atoms with Crippen LogP contribution in [-0.4, -0.2) is 47.1 Å². The molecule has 0 radical (unpaired) electrons. The number of hydrogen-bond acceptors (Lipinski definition) is 3. The average Bonchev–Trinajstić information content (AvgIpc) is 2.13. The fourth-order valence-electron chi connectivity index (χ4n) is 1.14. The fourth-order valence-corrected chi connectivity index (χ4v) is 2.22. The Labute approximate surface area is 70.8 Å². The predicted molar refractivity (Wildman–Crippen MR) is 46.0 cm³/mol. The van der Waals surface area contributed by atoms with Gasteiger partial charge in [-0.3, -0.25) is 4.79 Å². The smallest absolute Gasteiger partial charge is 0.317 e. The third kappa shape index (κ3) is 2.71. The van der Waals surface area contributed by atoms with Crippen molar-refractivity contribution < 1.29 is 9.90 Å².